The summed E-state index contributed by atoms with van der Waals surface area (Å²) in [5.41, 5.74) is 5.89. The Bertz CT molecular complexity index is 452. The van der Waals surface area contributed by atoms with Gasteiger partial charge in [0.25, 0.3) is 0 Å². The van der Waals surface area contributed by atoms with Crippen LogP contribution in [0.1, 0.15) is 13.8 Å². The first-order valence-electron chi connectivity index (χ1n) is 4.57. The van der Waals surface area contributed by atoms with Crippen molar-refractivity contribution in [1.82, 2.24) is 0 Å². The number of hydrogen-bond acceptors (Lipinski definition) is 4. The van der Waals surface area contributed by atoms with Gasteiger partial charge in [-0.3, -0.25) is 0 Å². The predicted molar refractivity (Wildman–Crippen MR) is 59.7 cm³/mol. The number of rotatable bonds is 3. The molecule has 0 bridgehead atoms. The van der Waals surface area contributed by atoms with E-state index < -0.39 is 15.1 Å². The highest BCUT2D eigenvalue weighted by Crippen LogP contribution is 2.26. The van der Waals surface area contributed by atoms with Gasteiger partial charge in [-0.1, -0.05) is 0 Å². The Labute approximate surface area is 90.0 Å². The molecule has 2 N–H and O–H groups in total. The molecule has 0 saturated carbocycles. The summed E-state index contributed by atoms with van der Waals surface area (Å²) in [6, 6.07) is 4.57. The Morgan fingerprint density at radius 3 is 2.33 bits per heavy atom. The summed E-state index contributed by atoms with van der Waals surface area (Å²) in [7, 11) is -1.81. The lowest BCUT2D eigenvalue weighted by molar-refractivity contribution is 0.414. The van der Waals surface area contributed by atoms with Crippen molar-refractivity contribution >= 4 is 15.5 Å². The third-order valence-corrected chi connectivity index (χ3v) is 4.37. The largest absolute Gasteiger partial charge is 0.497 e. The van der Waals surface area contributed by atoms with Crippen molar-refractivity contribution < 1.29 is 13.2 Å². The fourth-order valence-electron chi connectivity index (χ4n) is 1.17. The summed E-state index contributed by atoms with van der Waals surface area (Å²) in [4.78, 5) is 0.165. The Hall–Kier alpha value is -1.23. The summed E-state index contributed by atoms with van der Waals surface area (Å²) in [6.07, 6.45) is 0. The van der Waals surface area contributed by atoms with Gasteiger partial charge in [-0.2, -0.15) is 0 Å². The standard InChI is InChI=1S/C10H15NO3S/c1-7(2)15(12,13)10-5-4-8(14-3)6-9(10)11/h4-7H,11H2,1-3H3. The van der Waals surface area contributed by atoms with Gasteiger partial charge in [0.2, 0.25) is 0 Å². The molecule has 1 aromatic rings. The lowest BCUT2D eigenvalue weighted by Gasteiger charge is -2.11. The molecule has 0 spiro atoms. The van der Waals surface area contributed by atoms with Gasteiger partial charge in [-0.25, -0.2) is 8.42 Å². The minimum Gasteiger partial charge on any atom is -0.497 e. The summed E-state index contributed by atoms with van der Waals surface area (Å²) in [6.45, 7) is 3.25. The Balaban J connectivity index is 3.29. The van der Waals surface area contributed by atoms with Crippen molar-refractivity contribution in [3.63, 3.8) is 0 Å². The summed E-state index contributed by atoms with van der Waals surface area (Å²) in [5, 5.41) is -0.479. The van der Waals surface area contributed by atoms with Crippen molar-refractivity contribution in [1.29, 1.82) is 0 Å². The molecule has 0 heterocycles. The van der Waals surface area contributed by atoms with Gasteiger partial charge in [0.15, 0.2) is 9.84 Å². The topological polar surface area (TPSA) is 69.4 Å². The highest BCUT2D eigenvalue weighted by atomic mass is 32.2. The van der Waals surface area contributed by atoms with Crippen LogP contribution in [0.5, 0.6) is 5.75 Å². The van der Waals surface area contributed by atoms with E-state index >= 15 is 0 Å². The molecule has 84 valence electrons. The number of nitrogen functional groups attached to an aromatic ring is 1. The molecular formula is C10H15NO3S. The molecule has 1 rings (SSSR count). The van der Waals surface area contributed by atoms with E-state index in [-0.39, 0.29) is 10.6 Å². The second kappa shape index (κ2) is 4.10. The minimum atomic E-state index is -3.31. The number of hydrogen-bond donors (Lipinski definition) is 1. The molecule has 0 fully saturated rings. The Morgan fingerprint density at radius 2 is 1.93 bits per heavy atom. The highest BCUT2D eigenvalue weighted by molar-refractivity contribution is 7.92. The van der Waals surface area contributed by atoms with Gasteiger partial charge in [0.05, 0.1) is 22.9 Å². The van der Waals surface area contributed by atoms with E-state index in [2.05, 4.69) is 0 Å². The molecule has 0 unspecified atom stereocenters. The van der Waals surface area contributed by atoms with Gasteiger partial charge >= 0.3 is 0 Å². The van der Waals surface area contributed by atoms with Crippen LogP contribution >= 0.6 is 0 Å². The molecule has 0 aliphatic heterocycles. The Morgan fingerprint density at radius 1 is 1.33 bits per heavy atom. The lowest BCUT2D eigenvalue weighted by Crippen LogP contribution is -2.15. The molecule has 15 heavy (non-hydrogen) atoms. The van der Waals surface area contributed by atoms with Crippen LogP contribution < -0.4 is 10.5 Å². The second-order valence-corrected chi connectivity index (χ2v) is 5.97. The zero-order valence-electron chi connectivity index (χ0n) is 9.02. The van der Waals surface area contributed by atoms with Crippen LogP contribution in [0.15, 0.2) is 23.1 Å². The quantitative estimate of drug-likeness (QED) is 0.797. The third kappa shape index (κ3) is 2.23. The number of benzene rings is 1. The predicted octanol–water partition coefficient (Wildman–Crippen LogP) is 1.46. The van der Waals surface area contributed by atoms with Gasteiger partial charge in [-0.05, 0) is 26.0 Å². The number of anilines is 1. The van der Waals surface area contributed by atoms with E-state index in [1.54, 1.807) is 19.9 Å². The van der Waals surface area contributed by atoms with Crippen LogP contribution in [-0.2, 0) is 9.84 Å². The highest BCUT2D eigenvalue weighted by Gasteiger charge is 2.21. The minimum absolute atomic E-state index is 0.165. The van der Waals surface area contributed by atoms with E-state index in [4.69, 9.17) is 10.5 Å². The van der Waals surface area contributed by atoms with Crippen molar-refractivity contribution in [2.24, 2.45) is 0 Å². The van der Waals surface area contributed by atoms with Crippen molar-refractivity contribution in [2.45, 2.75) is 24.0 Å². The smallest absolute Gasteiger partial charge is 0.182 e. The summed E-state index contributed by atoms with van der Waals surface area (Å²) >= 11 is 0. The molecule has 4 nitrogen and oxygen atoms in total. The van der Waals surface area contributed by atoms with E-state index in [0.29, 0.717) is 5.75 Å². The van der Waals surface area contributed by atoms with E-state index in [0.717, 1.165) is 0 Å². The third-order valence-electron chi connectivity index (χ3n) is 2.14. The maximum Gasteiger partial charge on any atom is 0.182 e. The van der Waals surface area contributed by atoms with Crippen LogP contribution in [0.4, 0.5) is 5.69 Å². The molecular weight excluding hydrogens is 214 g/mol. The maximum absolute atomic E-state index is 11.8. The normalized spacial score (nSPS) is 11.7. The molecule has 0 atom stereocenters. The molecule has 0 amide bonds. The van der Waals surface area contributed by atoms with E-state index in [9.17, 15) is 8.42 Å². The van der Waals surface area contributed by atoms with Crippen molar-refractivity contribution in [2.75, 3.05) is 12.8 Å². The number of ether oxygens (including phenoxy) is 1. The number of sulfone groups is 1. The average molecular weight is 229 g/mol. The summed E-state index contributed by atoms with van der Waals surface area (Å²) < 4.78 is 28.6. The molecule has 0 aliphatic carbocycles. The van der Waals surface area contributed by atoms with Crippen LogP contribution in [0, 0.1) is 0 Å². The van der Waals surface area contributed by atoms with Gasteiger partial charge in [0.1, 0.15) is 5.75 Å². The first-order valence-corrected chi connectivity index (χ1v) is 6.11. The van der Waals surface area contributed by atoms with Crippen molar-refractivity contribution in [3.8, 4) is 5.75 Å². The number of nitrogens with two attached hydrogens (primary N) is 1. The molecule has 0 aliphatic rings. The molecule has 1 aromatic carbocycles. The van der Waals surface area contributed by atoms with Gasteiger partial charge in [0, 0.05) is 6.07 Å². The van der Waals surface area contributed by atoms with Gasteiger partial charge in [-0.15, -0.1) is 0 Å². The fraction of sp³-hybridized carbons (Fsp3) is 0.400. The van der Waals surface area contributed by atoms with Crippen LogP contribution in [0.2, 0.25) is 0 Å². The maximum atomic E-state index is 11.8. The summed E-state index contributed by atoms with van der Waals surface area (Å²) in [5.74, 6) is 0.551. The van der Waals surface area contributed by atoms with E-state index in [1.807, 2.05) is 0 Å². The zero-order chi connectivity index (χ0) is 11.6. The molecule has 0 radical (unpaired) electrons. The van der Waals surface area contributed by atoms with Crippen LogP contribution in [0.3, 0.4) is 0 Å². The average Bonchev–Trinajstić information content (AvgIpc) is 2.16. The number of methoxy groups -OCH3 is 1. The fourth-order valence-corrected chi connectivity index (χ4v) is 2.32. The molecule has 5 heteroatoms. The first-order chi connectivity index (χ1) is 6.89. The SMILES string of the molecule is COc1ccc(S(=O)(=O)C(C)C)c(N)c1. The first kappa shape index (κ1) is 11.8. The second-order valence-electron chi connectivity index (χ2n) is 3.50. The molecule has 0 aromatic heterocycles. The van der Waals surface area contributed by atoms with Gasteiger partial charge < -0.3 is 10.5 Å². The Kier molecular flexibility index (Phi) is 3.24. The van der Waals surface area contributed by atoms with Crippen LogP contribution in [-0.4, -0.2) is 20.8 Å². The monoisotopic (exact) mass is 229 g/mol. The molecule has 0 saturated heterocycles. The van der Waals surface area contributed by atoms with Crippen LogP contribution in [0.25, 0.3) is 0 Å². The van der Waals surface area contributed by atoms with Crippen molar-refractivity contribution in [3.05, 3.63) is 18.2 Å². The lowest BCUT2D eigenvalue weighted by atomic mass is 10.3. The van der Waals surface area contributed by atoms with E-state index in [1.165, 1.54) is 19.2 Å². The zero-order valence-corrected chi connectivity index (χ0v) is 9.84.